The third kappa shape index (κ3) is 3.00. The van der Waals surface area contributed by atoms with E-state index in [-0.39, 0.29) is 11.8 Å². The van der Waals surface area contributed by atoms with Crippen molar-refractivity contribution < 1.29 is 9.59 Å². The van der Waals surface area contributed by atoms with E-state index in [0.717, 1.165) is 25.5 Å². The Morgan fingerprint density at radius 2 is 2.29 bits per heavy atom. The standard InChI is InChI=1S/C13H14N2O2/c16-9-10-6-7-12(14-8-10)15-13(17)11-4-2-1-3-5-11/h1-2,6-9,11H,3-5H2,(H,14,15,17). The normalized spacial score (nSPS) is 18.7. The molecule has 1 heterocycles. The maximum absolute atomic E-state index is 11.9. The van der Waals surface area contributed by atoms with Crippen molar-refractivity contribution in [3.63, 3.8) is 0 Å². The molecular weight excluding hydrogens is 216 g/mol. The molecule has 0 radical (unpaired) electrons. The van der Waals surface area contributed by atoms with E-state index in [4.69, 9.17) is 0 Å². The largest absolute Gasteiger partial charge is 0.310 e. The molecule has 0 bridgehead atoms. The molecule has 4 nitrogen and oxygen atoms in total. The van der Waals surface area contributed by atoms with Gasteiger partial charge in [-0.2, -0.15) is 0 Å². The van der Waals surface area contributed by atoms with Crippen LogP contribution in [0.2, 0.25) is 0 Å². The molecule has 0 saturated heterocycles. The van der Waals surface area contributed by atoms with Crippen LogP contribution in [-0.4, -0.2) is 17.2 Å². The first-order valence-corrected chi connectivity index (χ1v) is 5.66. The number of aldehydes is 1. The summed E-state index contributed by atoms with van der Waals surface area (Å²) in [6.07, 6.45) is 8.94. The zero-order chi connectivity index (χ0) is 12.1. The molecule has 4 heteroatoms. The lowest BCUT2D eigenvalue weighted by atomic mass is 9.94. The van der Waals surface area contributed by atoms with Gasteiger partial charge in [-0.3, -0.25) is 9.59 Å². The summed E-state index contributed by atoms with van der Waals surface area (Å²) in [5.74, 6) is 0.531. The van der Waals surface area contributed by atoms with Crippen molar-refractivity contribution in [3.05, 3.63) is 36.0 Å². The van der Waals surface area contributed by atoms with E-state index in [1.54, 1.807) is 12.1 Å². The lowest BCUT2D eigenvalue weighted by molar-refractivity contribution is -0.120. The van der Waals surface area contributed by atoms with Gasteiger partial charge in [-0.05, 0) is 31.4 Å². The highest BCUT2D eigenvalue weighted by Gasteiger charge is 2.18. The average molecular weight is 230 g/mol. The molecule has 1 atom stereocenters. The second kappa shape index (κ2) is 5.39. The molecule has 2 rings (SSSR count). The summed E-state index contributed by atoms with van der Waals surface area (Å²) in [5, 5.41) is 2.76. The zero-order valence-corrected chi connectivity index (χ0v) is 9.43. The van der Waals surface area contributed by atoms with Gasteiger partial charge in [0.1, 0.15) is 5.82 Å². The van der Waals surface area contributed by atoms with Crippen molar-refractivity contribution in [3.8, 4) is 0 Å². The fraction of sp³-hybridized carbons (Fsp3) is 0.308. The van der Waals surface area contributed by atoms with Crippen LogP contribution in [0.5, 0.6) is 0 Å². The van der Waals surface area contributed by atoms with E-state index in [9.17, 15) is 9.59 Å². The predicted molar refractivity (Wildman–Crippen MR) is 64.7 cm³/mol. The van der Waals surface area contributed by atoms with E-state index in [0.29, 0.717) is 11.4 Å². The van der Waals surface area contributed by atoms with E-state index in [2.05, 4.69) is 16.4 Å². The monoisotopic (exact) mass is 230 g/mol. The van der Waals surface area contributed by atoms with Gasteiger partial charge < -0.3 is 5.32 Å². The molecule has 1 aromatic heterocycles. The maximum atomic E-state index is 11.9. The lowest BCUT2D eigenvalue weighted by Gasteiger charge is -2.16. The number of rotatable bonds is 3. The molecule has 17 heavy (non-hydrogen) atoms. The molecule has 1 N–H and O–H groups in total. The van der Waals surface area contributed by atoms with Crippen LogP contribution in [0, 0.1) is 5.92 Å². The first kappa shape index (κ1) is 11.5. The Balaban J connectivity index is 1.97. The number of nitrogens with zero attached hydrogens (tertiary/aromatic N) is 1. The van der Waals surface area contributed by atoms with E-state index in [1.807, 2.05) is 6.08 Å². The van der Waals surface area contributed by atoms with Gasteiger partial charge in [-0.1, -0.05) is 12.2 Å². The van der Waals surface area contributed by atoms with Gasteiger partial charge in [0.25, 0.3) is 0 Å². The molecule has 0 aliphatic heterocycles. The molecule has 1 amide bonds. The maximum Gasteiger partial charge on any atom is 0.228 e. The summed E-state index contributed by atoms with van der Waals surface area (Å²) in [5.41, 5.74) is 0.503. The Morgan fingerprint density at radius 1 is 1.41 bits per heavy atom. The smallest absolute Gasteiger partial charge is 0.228 e. The topological polar surface area (TPSA) is 59.1 Å². The SMILES string of the molecule is O=Cc1ccc(NC(=O)C2CC=CCC2)nc1. The summed E-state index contributed by atoms with van der Waals surface area (Å²) in [7, 11) is 0. The van der Waals surface area contributed by atoms with Crippen LogP contribution in [-0.2, 0) is 4.79 Å². The van der Waals surface area contributed by atoms with E-state index < -0.39 is 0 Å². The van der Waals surface area contributed by atoms with Crippen molar-refractivity contribution in [2.24, 2.45) is 5.92 Å². The third-order valence-corrected chi connectivity index (χ3v) is 2.81. The Morgan fingerprint density at radius 3 is 2.88 bits per heavy atom. The summed E-state index contributed by atoms with van der Waals surface area (Å²) in [6, 6.07) is 3.27. The first-order chi connectivity index (χ1) is 8.29. The molecule has 1 unspecified atom stereocenters. The number of nitrogens with one attached hydrogen (secondary N) is 1. The van der Waals surface area contributed by atoms with Crippen molar-refractivity contribution in [1.82, 2.24) is 4.98 Å². The van der Waals surface area contributed by atoms with Gasteiger partial charge in [0.15, 0.2) is 6.29 Å². The molecule has 0 spiro atoms. The molecule has 0 saturated carbocycles. The second-order valence-corrected chi connectivity index (χ2v) is 4.07. The highest BCUT2D eigenvalue weighted by atomic mass is 16.2. The van der Waals surface area contributed by atoms with Crippen LogP contribution < -0.4 is 5.32 Å². The molecule has 1 aliphatic carbocycles. The molecule has 1 aliphatic rings. The Bertz CT molecular complexity index is 437. The number of aromatic nitrogens is 1. The molecule has 1 aromatic rings. The minimum Gasteiger partial charge on any atom is -0.310 e. The zero-order valence-electron chi connectivity index (χ0n) is 9.43. The number of allylic oxidation sites excluding steroid dienone is 2. The molecule has 88 valence electrons. The number of anilines is 1. The predicted octanol–water partition coefficient (Wildman–Crippen LogP) is 2.19. The van der Waals surface area contributed by atoms with Crippen molar-refractivity contribution in [2.75, 3.05) is 5.32 Å². The van der Waals surface area contributed by atoms with Crippen LogP contribution in [0.1, 0.15) is 29.6 Å². The number of carbonyl (C=O) groups is 2. The van der Waals surface area contributed by atoms with Crippen LogP contribution >= 0.6 is 0 Å². The first-order valence-electron chi connectivity index (χ1n) is 5.66. The van der Waals surface area contributed by atoms with Gasteiger partial charge in [0.2, 0.25) is 5.91 Å². The molecule has 0 aromatic carbocycles. The number of carbonyl (C=O) groups excluding carboxylic acids is 2. The van der Waals surface area contributed by atoms with Crippen LogP contribution in [0.4, 0.5) is 5.82 Å². The van der Waals surface area contributed by atoms with E-state index >= 15 is 0 Å². The Labute approximate surface area is 99.7 Å². The summed E-state index contributed by atoms with van der Waals surface area (Å²) < 4.78 is 0. The third-order valence-electron chi connectivity index (χ3n) is 2.81. The molecule has 0 fully saturated rings. The second-order valence-electron chi connectivity index (χ2n) is 4.07. The van der Waals surface area contributed by atoms with Crippen LogP contribution in [0.3, 0.4) is 0 Å². The highest BCUT2D eigenvalue weighted by Crippen LogP contribution is 2.19. The van der Waals surface area contributed by atoms with Gasteiger partial charge >= 0.3 is 0 Å². The van der Waals surface area contributed by atoms with Crippen LogP contribution in [0.15, 0.2) is 30.5 Å². The fourth-order valence-electron chi connectivity index (χ4n) is 1.81. The summed E-state index contributed by atoms with van der Waals surface area (Å²) in [6.45, 7) is 0. The van der Waals surface area contributed by atoms with Crippen molar-refractivity contribution >= 4 is 18.0 Å². The molecular formula is C13H14N2O2. The highest BCUT2D eigenvalue weighted by molar-refractivity contribution is 5.92. The minimum atomic E-state index is 0.000651. The summed E-state index contributed by atoms with van der Waals surface area (Å²) >= 11 is 0. The fourth-order valence-corrected chi connectivity index (χ4v) is 1.81. The average Bonchev–Trinajstić information content (AvgIpc) is 2.40. The minimum absolute atomic E-state index is 0.000651. The summed E-state index contributed by atoms with van der Waals surface area (Å²) in [4.78, 5) is 26.3. The Kier molecular flexibility index (Phi) is 3.65. The quantitative estimate of drug-likeness (QED) is 0.639. The van der Waals surface area contributed by atoms with Crippen molar-refractivity contribution in [2.45, 2.75) is 19.3 Å². The Hall–Kier alpha value is -1.97. The number of hydrogen-bond donors (Lipinski definition) is 1. The van der Waals surface area contributed by atoms with Gasteiger partial charge in [-0.15, -0.1) is 0 Å². The van der Waals surface area contributed by atoms with Gasteiger partial charge in [-0.25, -0.2) is 4.98 Å². The number of pyridine rings is 1. The van der Waals surface area contributed by atoms with Gasteiger partial charge in [0, 0.05) is 17.7 Å². The number of amides is 1. The van der Waals surface area contributed by atoms with Gasteiger partial charge in [0.05, 0.1) is 0 Å². The van der Waals surface area contributed by atoms with E-state index in [1.165, 1.54) is 6.20 Å². The van der Waals surface area contributed by atoms with Crippen molar-refractivity contribution in [1.29, 1.82) is 0 Å². The lowest BCUT2D eigenvalue weighted by Crippen LogP contribution is -2.23. The number of hydrogen-bond acceptors (Lipinski definition) is 3. The van der Waals surface area contributed by atoms with Crippen LogP contribution in [0.25, 0.3) is 0 Å².